The Labute approximate surface area is 101 Å². The van der Waals surface area contributed by atoms with E-state index in [1.54, 1.807) is 0 Å². The van der Waals surface area contributed by atoms with Gasteiger partial charge < -0.3 is 0 Å². The minimum Gasteiger partial charge on any atom is -0.299 e. The van der Waals surface area contributed by atoms with Gasteiger partial charge in [-0.3, -0.25) is 9.00 Å². The molecule has 0 bridgehead atoms. The number of rotatable bonds is 2. The third-order valence-electron chi connectivity index (χ3n) is 4.26. The van der Waals surface area contributed by atoms with E-state index >= 15 is 0 Å². The van der Waals surface area contributed by atoms with E-state index in [-0.39, 0.29) is 11.2 Å². The highest BCUT2D eigenvalue weighted by Crippen LogP contribution is 2.34. The van der Waals surface area contributed by atoms with Gasteiger partial charge in [0.1, 0.15) is 5.78 Å². The lowest BCUT2D eigenvalue weighted by atomic mass is 9.90. The summed E-state index contributed by atoms with van der Waals surface area (Å²) < 4.78 is 12.5. The standard InChI is InChI=1S/C13H22O2S/c1-9-4-3-5-11(8-9)16(15)13-7-6-12(14)10(13)2/h9-11,13H,3-8H2,1-2H3. The van der Waals surface area contributed by atoms with Crippen LogP contribution in [-0.2, 0) is 15.6 Å². The molecule has 2 fully saturated rings. The molecule has 0 aromatic heterocycles. The van der Waals surface area contributed by atoms with Gasteiger partial charge in [-0.05, 0) is 25.2 Å². The molecule has 0 N–H and O–H groups in total. The first-order valence-corrected chi connectivity index (χ1v) is 7.79. The Bertz CT molecular complexity index is 300. The second-order valence-corrected chi connectivity index (χ2v) is 7.48. The quantitative estimate of drug-likeness (QED) is 0.746. The largest absolute Gasteiger partial charge is 0.299 e. The lowest BCUT2D eigenvalue weighted by molar-refractivity contribution is -0.120. The van der Waals surface area contributed by atoms with Gasteiger partial charge in [0.2, 0.25) is 0 Å². The van der Waals surface area contributed by atoms with E-state index in [0.717, 1.165) is 25.2 Å². The molecule has 2 aliphatic rings. The number of hydrogen-bond donors (Lipinski definition) is 0. The molecular formula is C13H22O2S. The molecule has 0 aromatic carbocycles. The number of hydrogen-bond acceptors (Lipinski definition) is 2. The summed E-state index contributed by atoms with van der Waals surface area (Å²) in [6.07, 6.45) is 6.22. The molecule has 5 unspecified atom stereocenters. The fraction of sp³-hybridized carbons (Fsp3) is 0.923. The fourth-order valence-corrected chi connectivity index (χ4v) is 5.44. The van der Waals surface area contributed by atoms with Crippen molar-refractivity contribution in [3.8, 4) is 0 Å². The van der Waals surface area contributed by atoms with Crippen molar-refractivity contribution in [1.29, 1.82) is 0 Å². The first kappa shape index (κ1) is 12.3. The van der Waals surface area contributed by atoms with Crippen molar-refractivity contribution in [2.45, 2.75) is 62.9 Å². The SMILES string of the molecule is CC1CCCC(S(=O)C2CCC(=O)C2C)C1. The van der Waals surface area contributed by atoms with E-state index in [9.17, 15) is 9.00 Å². The molecule has 16 heavy (non-hydrogen) atoms. The summed E-state index contributed by atoms with van der Waals surface area (Å²) >= 11 is 0. The van der Waals surface area contributed by atoms with E-state index in [0.29, 0.717) is 17.5 Å². The van der Waals surface area contributed by atoms with E-state index in [4.69, 9.17) is 0 Å². The normalized spacial score (nSPS) is 42.2. The maximum absolute atomic E-state index is 12.5. The van der Waals surface area contributed by atoms with Crippen molar-refractivity contribution in [3.05, 3.63) is 0 Å². The van der Waals surface area contributed by atoms with Gasteiger partial charge in [0.25, 0.3) is 0 Å². The Hall–Kier alpha value is -0.180. The number of carbonyl (C=O) groups excluding carboxylic acids is 1. The van der Waals surface area contributed by atoms with Crippen molar-refractivity contribution in [2.75, 3.05) is 0 Å². The molecule has 0 saturated heterocycles. The zero-order valence-corrected chi connectivity index (χ0v) is 11.1. The van der Waals surface area contributed by atoms with E-state index in [1.807, 2.05) is 6.92 Å². The van der Waals surface area contributed by atoms with Crippen molar-refractivity contribution in [3.63, 3.8) is 0 Å². The highest BCUT2D eigenvalue weighted by Gasteiger charge is 2.38. The van der Waals surface area contributed by atoms with Gasteiger partial charge in [-0.1, -0.05) is 26.7 Å². The molecular weight excluding hydrogens is 220 g/mol. The van der Waals surface area contributed by atoms with Crippen molar-refractivity contribution in [1.82, 2.24) is 0 Å². The zero-order valence-electron chi connectivity index (χ0n) is 10.3. The Kier molecular flexibility index (Phi) is 3.83. The molecule has 2 saturated carbocycles. The average molecular weight is 242 g/mol. The molecule has 0 spiro atoms. The van der Waals surface area contributed by atoms with Crippen LogP contribution in [0.25, 0.3) is 0 Å². The van der Waals surface area contributed by atoms with Crippen LogP contribution in [0.2, 0.25) is 0 Å². The molecule has 3 heteroatoms. The van der Waals surface area contributed by atoms with E-state index < -0.39 is 10.8 Å². The average Bonchev–Trinajstić information content (AvgIpc) is 2.59. The second-order valence-electron chi connectivity index (χ2n) is 5.55. The van der Waals surface area contributed by atoms with Crippen LogP contribution in [0.15, 0.2) is 0 Å². The second kappa shape index (κ2) is 4.99. The van der Waals surface area contributed by atoms with Crippen LogP contribution in [-0.4, -0.2) is 20.5 Å². The smallest absolute Gasteiger partial charge is 0.136 e. The molecule has 0 aliphatic heterocycles. The predicted octanol–water partition coefficient (Wildman–Crippen LogP) is 2.68. The first-order chi connectivity index (χ1) is 7.59. The Morgan fingerprint density at radius 3 is 2.50 bits per heavy atom. The van der Waals surface area contributed by atoms with Gasteiger partial charge in [0, 0.05) is 33.6 Å². The Morgan fingerprint density at radius 1 is 1.19 bits per heavy atom. The summed E-state index contributed by atoms with van der Waals surface area (Å²) in [6.45, 7) is 4.22. The summed E-state index contributed by atoms with van der Waals surface area (Å²) in [7, 11) is -0.774. The van der Waals surface area contributed by atoms with Crippen LogP contribution in [0, 0.1) is 11.8 Å². The molecule has 0 amide bonds. The summed E-state index contributed by atoms with van der Waals surface area (Å²) in [5, 5.41) is 0.518. The molecule has 2 rings (SSSR count). The van der Waals surface area contributed by atoms with Crippen LogP contribution in [0.5, 0.6) is 0 Å². The Morgan fingerprint density at radius 2 is 1.94 bits per heavy atom. The van der Waals surface area contributed by atoms with Crippen molar-refractivity contribution >= 4 is 16.6 Å². The first-order valence-electron chi connectivity index (χ1n) is 6.51. The van der Waals surface area contributed by atoms with Crippen molar-refractivity contribution in [2.24, 2.45) is 11.8 Å². The molecule has 92 valence electrons. The predicted molar refractivity (Wildman–Crippen MR) is 66.8 cm³/mol. The summed E-state index contributed by atoms with van der Waals surface area (Å²) in [4.78, 5) is 11.5. The van der Waals surface area contributed by atoms with Gasteiger partial charge in [0.05, 0.1) is 0 Å². The molecule has 5 atom stereocenters. The van der Waals surface area contributed by atoms with Crippen LogP contribution >= 0.6 is 0 Å². The van der Waals surface area contributed by atoms with Crippen LogP contribution in [0.1, 0.15) is 52.4 Å². The van der Waals surface area contributed by atoms with E-state index in [2.05, 4.69) is 6.92 Å². The highest BCUT2D eigenvalue weighted by molar-refractivity contribution is 7.86. The third kappa shape index (κ3) is 2.39. The topological polar surface area (TPSA) is 34.1 Å². The van der Waals surface area contributed by atoms with Crippen LogP contribution in [0.3, 0.4) is 0 Å². The monoisotopic (exact) mass is 242 g/mol. The van der Waals surface area contributed by atoms with Crippen molar-refractivity contribution < 1.29 is 9.00 Å². The fourth-order valence-electron chi connectivity index (χ4n) is 3.12. The molecule has 2 nitrogen and oxygen atoms in total. The number of ketones is 1. The molecule has 2 aliphatic carbocycles. The summed E-state index contributed by atoms with van der Waals surface area (Å²) in [5.41, 5.74) is 0. The van der Waals surface area contributed by atoms with Gasteiger partial charge in [-0.2, -0.15) is 0 Å². The molecule has 0 aromatic rings. The maximum Gasteiger partial charge on any atom is 0.136 e. The molecule has 0 heterocycles. The number of Topliss-reactive ketones (excluding diaryl/α,β-unsaturated/α-hetero) is 1. The van der Waals surface area contributed by atoms with Crippen LogP contribution < -0.4 is 0 Å². The minimum absolute atomic E-state index is 0.0399. The van der Waals surface area contributed by atoms with E-state index in [1.165, 1.54) is 12.8 Å². The Balaban J connectivity index is 1.99. The summed E-state index contributed by atoms with van der Waals surface area (Å²) in [5.74, 6) is 1.08. The minimum atomic E-state index is -0.774. The highest BCUT2D eigenvalue weighted by atomic mass is 32.2. The van der Waals surface area contributed by atoms with Gasteiger partial charge in [-0.25, -0.2) is 0 Å². The summed E-state index contributed by atoms with van der Waals surface area (Å²) in [6, 6.07) is 0. The maximum atomic E-state index is 12.5. The zero-order chi connectivity index (χ0) is 11.7. The molecule has 0 radical (unpaired) electrons. The van der Waals surface area contributed by atoms with Gasteiger partial charge >= 0.3 is 0 Å². The van der Waals surface area contributed by atoms with Gasteiger partial charge in [0.15, 0.2) is 0 Å². The lowest BCUT2D eigenvalue weighted by Crippen LogP contribution is -2.32. The lowest BCUT2D eigenvalue weighted by Gasteiger charge is -2.29. The third-order valence-corrected chi connectivity index (χ3v) is 6.58. The van der Waals surface area contributed by atoms with Crippen LogP contribution in [0.4, 0.5) is 0 Å². The number of carbonyl (C=O) groups is 1. The van der Waals surface area contributed by atoms with Gasteiger partial charge in [-0.15, -0.1) is 0 Å².